The lowest BCUT2D eigenvalue weighted by Crippen LogP contribution is -2.56. The van der Waals surface area contributed by atoms with Crippen LogP contribution in [0.4, 0.5) is 0 Å². The quantitative estimate of drug-likeness (QED) is 0.807. The minimum Gasteiger partial charge on any atom is -0.353 e. The number of nitrogens with zero attached hydrogens (tertiary/aromatic N) is 2. The zero-order chi connectivity index (χ0) is 17.9. The molecule has 3 saturated heterocycles. The van der Waals surface area contributed by atoms with E-state index in [4.69, 9.17) is 4.74 Å². The highest BCUT2D eigenvalue weighted by Crippen LogP contribution is 2.45. The molecule has 2 atom stereocenters. The van der Waals surface area contributed by atoms with Gasteiger partial charge in [-0.2, -0.15) is 0 Å². The summed E-state index contributed by atoms with van der Waals surface area (Å²) in [5.74, 6) is -0.225. The van der Waals surface area contributed by atoms with Gasteiger partial charge in [0, 0.05) is 25.2 Å². The average molecular weight is 357 g/mol. The van der Waals surface area contributed by atoms with Crippen molar-refractivity contribution < 1.29 is 14.3 Å². The van der Waals surface area contributed by atoms with Crippen molar-refractivity contribution in [2.75, 3.05) is 19.7 Å². The first-order valence-electron chi connectivity index (χ1n) is 9.61. The van der Waals surface area contributed by atoms with Crippen LogP contribution >= 0.6 is 0 Å². The number of hydrogen-bond donors (Lipinski definition) is 1. The summed E-state index contributed by atoms with van der Waals surface area (Å²) in [7, 11) is 0. The van der Waals surface area contributed by atoms with Gasteiger partial charge in [0.25, 0.3) is 11.5 Å². The first-order chi connectivity index (χ1) is 12.6. The Kier molecular flexibility index (Phi) is 3.50. The van der Waals surface area contributed by atoms with Gasteiger partial charge in [-0.15, -0.1) is 0 Å². The molecule has 3 fully saturated rings. The summed E-state index contributed by atoms with van der Waals surface area (Å²) < 4.78 is 6.05. The van der Waals surface area contributed by atoms with Crippen LogP contribution in [-0.4, -0.2) is 58.1 Å². The Morgan fingerprint density at radius 1 is 1.19 bits per heavy atom. The number of carbonyl (C=O) groups is 2. The number of rotatable bonds is 1. The third-order valence-corrected chi connectivity index (χ3v) is 6.44. The number of hydrogen-bond acceptors (Lipinski definition) is 4. The molecule has 5 rings (SSSR count). The summed E-state index contributed by atoms with van der Waals surface area (Å²) in [4.78, 5) is 44.6. The number of amides is 2. The fourth-order valence-electron chi connectivity index (χ4n) is 5.18. The van der Waals surface area contributed by atoms with Gasteiger partial charge in [-0.05, 0) is 43.7 Å². The van der Waals surface area contributed by atoms with Crippen molar-refractivity contribution in [3.8, 4) is 0 Å². The van der Waals surface area contributed by atoms with E-state index in [9.17, 15) is 14.4 Å². The molecule has 1 aliphatic carbocycles. The molecular formula is C19H23N3O4. The van der Waals surface area contributed by atoms with Gasteiger partial charge < -0.3 is 19.5 Å². The van der Waals surface area contributed by atoms with Crippen LogP contribution in [0.15, 0.2) is 10.9 Å². The van der Waals surface area contributed by atoms with Gasteiger partial charge in [0.15, 0.2) is 5.72 Å². The molecule has 4 aliphatic rings. The highest BCUT2D eigenvalue weighted by molar-refractivity contribution is 5.95. The molecule has 1 spiro atoms. The molecule has 1 N–H and O–H groups in total. The van der Waals surface area contributed by atoms with Crippen LogP contribution in [0.2, 0.25) is 0 Å². The van der Waals surface area contributed by atoms with Gasteiger partial charge in [0.05, 0.1) is 19.1 Å². The van der Waals surface area contributed by atoms with Crippen LogP contribution in [0.3, 0.4) is 0 Å². The number of aromatic amines is 1. The van der Waals surface area contributed by atoms with E-state index in [1.807, 2.05) is 4.90 Å². The van der Waals surface area contributed by atoms with Crippen molar-refractivity contribution in [2.45, 2.75) is 56.7 Å². The fraction of sp³-hybridized carbons (Fsp3) is 0.632. The number of likely N-dealkylation sites (tertiary alicyclic amines) is 1. The second-order valence-corrected chi connectivity index (χ2v) is 7.78. The van der Waals surface area contributed by atoms with Crippen molar-refractivity contribution in [3.63, 3.8) is 0 Å². The van der Waals surface area contributed by atoms with Gasteiger partial charge in [-0.1, -0.05) is 0 Å². The summed E-state index contributed by atoms with van der Waals surface area (Å²) in [5, 5.41) is 0. The van der Waals surface area contributed by atoms with Gasteiger partial charge in [-0.3, -0.25) is 14.4 Å². The Bertz CT molecular complexity index is 848. The highest BCUT2D eigenvalue weighted by Gasteiger charge is 2.61. The Balaban J connectivity index is 1.49. The molecule has 138 valence electrons. The molecule has 2 amide bonds. The molecule has 3 aliphatic heterocycles. The minimum absolute atomic E-state index is 0.0477. The average Bonchev–Trinajstić information content (AvgIpc) is 3.13. The number of pyridine rings is 1. The SMILES string of the molecule is O=C(c1cc2c([nH]c1=O)CCCC2)N1CC[C@@]23OCCCN2C(=O)C[C@@H]13. The molecule has 0 saturated carbocycles. The maximum Gasteiger partial charge on any atom is 0.261 e. The van der Waals surface area contributed by atoms with Crippen molar-refractivity contribution in [3.05, 3.63) is 33.2 Å². The number of fused-ring (bicyclic) bond motifs is 1. The van der Waals surface area contributed by atoms with E-state index in [0.717, 1.165) is 43.4 Å². The predicted molar refractivity (Wildman–Crippen MR) is 92.8 cm³/mol. The number of aromatic nitrogens is 1. The topological polar surface area (TPSA) is 82.7 Å². The Labute approximate surface area is 151 Å². The Morgan fingerprint density at radius 2 is 2.04 bits per heavy atom. The van der Waals surface area contributed by atoms with E-state index in [1.165, 1.54) is 0 Å². The number of H-pyrrole nitrogens is 1. The lowest BCUT2D eigenvalue weighted by molar-refractivity contribution is -0.179. The van der Waals surface area contributed by atoms with Crippen molar-refractivity contribution in [1.29, 1.82) is 0 Å². The largest absolute Gasteiger partial charge is 0.353 e. The smallest absolute Gasteiger partial charge is 0.261 e. The van der Waals surface area contributed by atoms with Crippen LogP contribution in [0.1, 0.15) is 53.7 Å². The second-order valence-electron chi connectivity index (χ2n) is 7.78. The lowest BCUT2D eigenvalue weighted by Gasteiger charge is -2.42. The predicted octanol–water partition coefficient (Wildman–Crippen LogP) is 0.817. The van der Waals surface area contributed by atoms with Gasteiger partial charge in [0.1, 0.15) is 5.56 Å². The monoisotopic (exact) mass is 357 g/mol. The Morgan fingerprint density at radius 3 is 2.92 bits per heavy atom. The maximum absolute atomic E-state index is 13.2. The standard InChI is InChI=1S/C19H23N3O4/c23-16-11-15-19(22(16)7-3-9-26-19)6-8-21(15)18(25)13-10-12-4-1-2-5-14(12)20-17(13)24/h10,15H,1-9,11H2,(H,20,24)/t15-,19+/m1/s1. The third-order valence-electron chi connectivity index (χ3n) is 6.44. The van der Waals surface area contributed by atoms with E-state index >= 15 is 0 Å². The van der Waals surface area contributed by atoms with E-state index in [0.29, 0.717) is 26.1 Å². The van der Waals surface area contributed by atoms with E-state index in [1.54, 1.807) is 11.0 Å². The van der Waals surface area contributed by atoms with Crippen LogP contribution in [-0.2, 0) is 22.4 Å². The van der Waals surface area contributed by atoms with Crippen molar-refractivity contribution in [2.24, 2.45) is 0 Å². The number of ether oxygens (including phenoxy) is 1. The third kappa shape index (κ3) is 2.13. The minimum atomic E-state index is -0.675. The molecule has 0 radical (unpaired) electrons. The molecule has 1 aromatic heterocycles. The first kappa shape index (κ1) is 16.1. The second kappa shape index (κ2) is 5.67. The maximum atomic E-state index is 13.2. The van der Waals surface area contributed by atoms with Crippen molar-refractivity contribution in [1.82, 2.24) is 14.8 Å². The van der Waals surface area contributed by atoms with Gasteiger partial charge in [-0.25, -0.2) is 0 Å². The molecule has 1 aromatic rings. The zero-order valence-corrected chi connectivity index (χ0v) is 14.8. The van der Waals surface area contributed by atoms with Crippen LogP contribution in [0, 0.1) is 0 Å². The Hall–Kier alpha value is -2.15. The summed E-state index contributed by atoms with van der Waals surface area (Å²) in [6.45, 7) is 1.82. The first-order valence-corrected chi connectivity index (χ1v) is 9.61. The van der Waals surface area contributed by atoms with E-state index in [2.05, 4.69) is 4.98 Å². The molecule has 0 aromatic carbocycles. The fourth-order valence-corrected chi connectivity index (χ4v) is 5.18. The van der Waals surface area contributed by atoms with Crippen molar-refractivity contribution >= 4 is 11.8 Å². The van der Waals surface area contributed by atoms with Gasteiger partial charge in [0.2, 0.25) is 5.91 Å². The molecule has 7 nitrogen and oxygen atoms in total. The lowest BCUT2D eigenvalue weighted by atomic mass is 9.94. The highest BCUT2D eigenvalue weighted by atomic mass is 16.5. The summed E-state index contributed by atoms with van der Waals surface area (Å²) >= 11 is 0. The number of carbonyl (C=O) groups excluding carboxylic acids is 2. The number of nitrogens with one attached hydrogen (secondary N) is 1. The molecular weight excluding hydrogens is 334 g/mol. The van der Waals surface area contributed by atoms with E-state index < -0.39 is 5.72 Å². The van der Waals surface area contributed by atoms with Gasteiger partial charge >= 0.3 is 0 Å². The van der Waals surface area contributed by atoms with Crippen LogP contribution < -0.4 is 5.56 Å². The summed E-state index contributed by atoms with van der Waals surface area (Å²) in [6, 6.07) is 1.48. The molecule has 4 heterocycles. The van der Waals surface area contributed by atoms with Crippen LogP contribution in [0.25, 0.3) is 0 Å². The molecule has 0 bridgehead atoms. The zero-order valence-electron chi connectivity index (χ0n) is 14.8. The van der Waals surface area contributed by atoms with Crippen LogP contribution in [0.5, 0.6) is 0 Å². The molecule has 26 heavy (non-hydrogen) atoms. The summed E-state index contributed by atoms with van der Waals surface area (Å²) in [6.07, 6.45) is 5.66. The summed E-state index contributed by atoms with van der Waals surface area (Å²) in [5.41, 5.74) is 1.25. The normalized spacial score (nSPS) is 30.2. The number of aryl methyl sites for hydroxylation is 2. The molecule has 7 heteroatoms. The van der Waals surface area contributed by atoms with E-state index in [-0.39, 0.29) is 35.4 Å². The molecule has 0 unspecified atom stereocenters.